The maximum atomic E-state index is 11.9. The van der Waals surface area contributed by atoms with Gasteiger partial charge in [0, 0.05) is 59.8 Å². The zero-order chi connectivity index (χ0) is 18.9. The smallest absolute Gasteiger partial charge is 0.243 e. The van der Waals surface area contributed by atoms with E-state index in [2.05, 4.69) is 34.0 Å². The van der Waals surface area contributed by atoms with E-state index in [-0.39, 0.29) is 36.4 Å². The molecule has 1 aromatic heterocycles. The highest BCUT2D eigenvalue weighted by Gasteiger charge is 2.20. The van der Waals surface area contributed by atoms with E-state index in [9.17, 15) is 4.79 Å². The molecule has 0 bridgehead atoms. The topological polar surface area (TPSA) is 64.3 Å². The predicted octanol–water partition coefficient (Wildman–Crippen LogP) is 1.75. The summed E-state index contributed by atoms with van der Waals surface area (Å²) in [5.41, 5.74) is 0. The molecule has 1 saturated heterocycles. The molecule has 8 heteroatoms. The number of aliphatic imine (C=N–C) groups is 1. The number of carbonyl (C=O) groups excluding carboxylic acids is 1. The molecule has 7 nitrogen and oxygen atoms in total. The zero-order valence-corrected chi connectivity index (χ0v) is 19.3. The molecule has 0 saturated carbocycles. The summed E-state index contributed by atoms with van der Waals surface area (Å²) in [7, 11) is 3.51. The molecule has 1 aliphatic rings. The number of halogens is 1. The number of hydrogen-bond donors (Lipinski definition) is 1. The van der Waals surface area contributed by atoms with E-state index in [1.54, 1.807) is 25.3 Å². The van der Waals surface area contributed by atoms with Crippen LogP contribution >= 0.6 is 24.0 Å². The molecule has 1 aromatic rings. The summed E-state index contributed by atoms with van der Waals surface area (Å²) in [6.07, 6.45) is 2.48. The number of guanidine groups is 1. The van der Waals surface area contributed by atoms with E-state index in [4.69, 9.17) is 4.42 Å². The number of nitrogens with one attached hydrogen (secondary N) is 1. The van der Waals surface area contributed by atoms with Crippen LogP contribution in [0.15, 0.2) is 27.8 Å². The third kappa shape index (κ3) is 8.50. The van der Waals surface area contributed by atoms with Crippen molar-refractivity contribution in [2.45, 2.75) is 20.3 Å². The Morgan fingerprint density at radius 1 is 1.30 bits per heavy atom. The Hall–Kier alpha value is -1.29. The predicted molar refractivity (Wildman–Crippen MR) is 120 cm³/mol. The van der Waals surface area contributed by atoms with Crippen molar-refractivity contribution < 1.29 is 9.21 Å². The molecule has 0 radical (unpaired) electrons. The number of likely N-dealkylation sites (N-methyl/N-ethyl adjacent to an activating group) is 1. The van der Waals surface area contributed by atoms with Crippen molar-refractivity contribution in [3.8, 4) is 0 Å². The van der Waals surface area contributed by atoms with Gasteiger partial charge in [-0.15, -0.1) is 24.0 Å². The van der Waals surface area contributed by atoms with E-state index < -0.39 is 0 Å². The van der Waals surface area contributed by atoms with E-state index in [1.807, 2.05) is 12.1 Å². The van der Waals surface area contributed by atoms with Crippen molar-refractivity contribution in [1.82, 2.24) is 20.0 Å². The summed E-state index contributed by atoms with van der Waals surface area (Å²) in [6, 6.07) is 3.87. The normalized spacial score (nSPS) is 15.6. The van der Waals surface area contributed by atoms with Crippen LogP contribution in [0.3, 0.4) is 0 Å². The summed E-state index contributed by atoms with van der Waals surface area (Å²) < 4.78 is 5.38. The zero-order valence-electron chi connectivity index (χ0n) is 17.0. The van der Waals surface area contributed by atoms with Gasteiger partial charge in [-0.3, -0.25) is 9.69 Å². The van der Waals surface area contributed by atoms with Crippen LogP contribution in [0.1, 0.15) is 19.6 Å². The molecule has 1 fully saturated rings. The highest BCUT2D eigenvalue weighted by Crippen LogP contribution is 2.06. The van der Waals surface area contributed by atoms with Gasteiger partial charge in [0.25, 0.3) is 0 Å². The van der Waals surface area contributed by atoms with E-state index in [1.165, 1.54) is 0 Å². The molecule has 0 atom stereocenters. The third-order valence-electron chi connectivity index (χ3n) is 4.39. The minimum atomic E-state index is 0. The van der Waals surface area contributed by atoms with Gasteiger partial charge in [-0.05, 0) is 18.1 Å². The summed E-state index contributed by atoms with van der Waals surface area (Å²) in [5.74, 6) is 2.45. The number of hydrogen-bond acceptors (Lipinski definition) is 4. The molecule has 0 aliphatic carbocycles. The van der Waals surface area contributed by atoms with Gasteiger partial charge in [-0.1, -0.05) is 13.8 Å². The Bertz CT molecular complexity index is 567. The fourth-order valence-corrected chi connectivity index (χ4v) is 2.96. The van der Waals surface area contributed by atoms with E-state index in [0.717, 1.165) is 57.4 Å². The molecule has 0 aromatic carbocycles. The highest BCUT2D eigenvalue weighted by molar-refractivity contribution is 14.0. The number of rotatable bonds is 7. The van der Waals surface area contributed by atoms with Crippen LogP contribution in [-0.2, 0) is 11.2 Å². The molecule has 1 aliphatic heterocycles. The fraction of sp³-hybridized carbons (Fsp3) is 0.684. The maximum absolute atomic E-state index is 11.9. The first-order valence-electron chi connectivity index (χ1n) is 9.44. The van der Waals surface area contributed by atoms with Crippen molar-refractivity contribution >= 4 is 35.8 Å². The standard InChI is InChI=1S/C19H33N5O2.HI/c1-16(2)15-23-9-11-24(12-10-23)19(21-14-18(25)22(3)4)20-8-7-17-6-5-13-26-17;/h5-6,13,16H,7-12,14-15H2,1-4H3,(H,20,21);1H. The third-order valence-corrected chi connectivity index (χ3v) is 4.39. The van der Waals surface area contributed by atoms with Gasteiger partial charge in [0.2, 0.25) is 5.91 Å². The van der Waals surface area contributed by atoms with Crippen LogP contribution < -0.4 is 5.32 Å². The molecule has 0 spiro atoms. The molecule has 1 amide bonds. The van der Waals surface area contributed by atoms with E-state index in [0.29, 0.717) is 5.92 Å². The molecule has 2 rings (SSSR count). The minimum absolute atomic E-state index is 0. The average Bonchev–Trinajstić information content (AvgIpc) is 3.11. The van der Waals surface area contributed by atoms with Crippen molar-refractivity contribution in [2.75, 3.05) is 59.9 Å². The number of nitrogens with zero attached hydrogens (tertiary/aromatic N) is 4. The quantitative estimate of drug-likeness (QED) is 0.358. The van der Waals surface area contributed by atoms with Crippen LogP contribution in [0.5, 0.6) is 0 Å². The Morgan fingerprint density at radius 2 is 2.00 bits per heavy atom. The lowest BCUT2D eigenvalue weighted by Gasteiger charge is -2.37. The molecular formula is C19H34IN5O2. The Labute approximate surface area is 180 Å². The van der Waals surface area contributed by atoms with Crippen LogP contribution in [0.25, 0.3) is 0 Å². The van der Waals surface area contributed by atoms with Gasteiger partial charge in [-0.2, -0.15) is 0 Å². The Morgan fingerprint density at radius 3 is 2.56 bits per heavy atom. The molecule has 0 unspecified atom stereocenters. The largest absolute Gasteiger partial charge is 0.469 e. The number of furan rings is 1. The Balaban J connectivity index is 0.00000364. The Kier molecular flexibility index (Phi) is 10.8. The van der Waals surface area contributed by atoms with Crippen molar-refractivity contribution in [3.63, 3.8) is 0 Å². The fourth-order valence-electron chi connectivity index (χ4n) is 2.96. The molecule has 1 N–H and O–H groups in total. The van der Waals surface area contributed by atoms with Crippen molar-refractivity contribution in [2.24, 2.45) is 10.9 Å². The van der Waals surface area contributed by atoms with Gasteiger partial charge in [0.1, 0.15) is 12.3 Å². The van der Waals surface area contributed by atoms with Crippen LogP contribution in [0.4, 0.5) is 0 Å². The lowest BCUT2D eigenvalue weighted by Crippen LogP contribution is -2.53. The van der Waals surface area contributed by atoms with Crippen LogP contribution in [0, 0.1) is 5.92 Å². The lowest BCUT2D eigenvalue weighted by molar-refractivity contribution is -0.127. The van der Waals surface area contributed by atoms with Gasteiger partial charge >= 0.3 is 0 Å². The molecule has 27 heavy (non-hydrogen) atoms. The number of amides is 1. The van der Waals surface area contributed by atoms with Crippen molar-refractivity contribution in [3.05, 3.63) is 24.2 Å². The highest BCUT2D eigenvalue weighted by atomic mass is 127. The van der Waals surface area contributed by atoms with Crippen molar-refractivity contribution in [1.29, 1.82) is 0 Å². The summed E-state index contributed by atoms with van der Waals surface area (Å²) in [6.45, 7) is 10.4. The van der Waals surface area contributed by atoms with Gasteiger partial charge in [0.05, 0.1) is 6.26 Å². The summed E-state index contributed by atoms with van der Waals surface area (Å²) in [5, 5.41) is 3.40. The number of carbonyl (C=O) groups is 1. The van der Waals surface area contributed by atoms with Gasteiger partial charge in [-0.25, -0.2) is 4.99 Å². The second-order valence-electron chi connectivity index (χ2n) is 7.37. The maximum Gasteiger partial charge on any atom is 0.243 e. The molecule has 154 valence electrons. The second-order valence-corrected chi connectivity index (χ2v) is 7.37. The SMILES string of the molecule is CC(C)CN1CCN(C(=NCC(=O)N(C)C)NCCc2ccco2)CC1.I. The monoisotopic (exact) mass is 491 g/mol. The average molecular weight is 491 g/mol. The summed E-state index contributed by atoms with van der Waals surface area (Å²) in [4.78, 5) is 22.8. The van der Waals surface area contributed by atoms with Gasteiger partial charge < -0.3 is 19.5 Å². The molecular weight excluding hydrogens is 457 g/mol. The minimum Gasteiger partial charge on any atom is -0.469 e. The van der Waals surface area contributed by atoms with E-state index >= 15 is 0 Å². The first-order chi connectivity index (χ1) is 12.5. The second kappa shape index (κ2) is 12.2. The van der Waals surface area contributed by atoms with Crippen LogP contribution in [0.2, 0.25) is 0 Å². The first kappa shape index (κ1) is 23.7. The number of piperazine rings is 1. The first-order valence-corrected chi connectivity index (χ1v) is 9.44. The molecule has 2 heterocycles. The summed E-state index contributed by atoms with van der Waals surface area (Å²) >= 11 is 0. The van der Waals surface area contributed by atoms with Gasteiger partial charge in [0.15, 0.2) is 5.96 Å². The van der Waals surface area contributed by atoms with Crippen LogP contribution in [-0.4, -0.2) is 86.5 Å². The lowest BCUT2D eigenvalue weighted by atomic mass is 10.2.